The number of pyridine rings is 1. The van der Waals surface area contributed by atoms with Crippen molar-refractivity contribution in [2.45, 2.75) is 11.3 Å². The Kier molecular flexibility index (Phi) is 5.05. The van der Waals surface area contributed by atoms with Gasteiger partial charge in [-0.05, 0) is 30.2 Å². The van der Waals surface area contributed by atoms with Crippen molar-refractivity contribution in [3.63, 3.8) is 0 Å². The smallest absolute Gasteiger partial charge is 0.242 e. The van der Waals surface area contributed by atoms with Gasteiger partial charge in [-0.2, -0.15) is 0 Å². The largest absolute Gasteiger partial charge is 0.382 e. The van der Waals surface area contributed by atoms with Crippen LogP contribution in [0.3, 0.4) is 0 Å². The molecule has 3 N–H and O–H groups in total. The van der Waals surface area contributed by atoms with Crippen molar-refractivity contribution in [2.24, 2.45) is 0 Å². The molecule has 1 aromatic heterocycles. The lowest BCUT2D eigenvalue weighted by Crippen LogP contribution is -2.26. The number of anilines is 1. The summed E-state index contributed by atoms with van der Waals surface area (Å²) < 4.78 is 26.6. The number of benzene rings is 1. The summed E-state index contributed by atoms with van der Waals surface area (Å²) in [5, 5.41) is 0.748. The average molecular weight is 346 g/mol. The summed E-state index contributed by atoms with van der Waals surface area (Å²) in [5.74, 6) is 0.0942. The van der Waals surface area contributed by atoms with Gasteiger partial charge in [0.05, 0.1) is 5.02 Å². The molecule has 0 aliphatic heterocycles. The van der Waals surface area contributed by atoms with E-state index in [4.69, 9.17) is 28.9 Å². The standard InChI is InChI=1S/C13H13Cl2N3O2S/c14-10-3-1-9(2-4-10)5-6-18-21(19,20)11-7-12(15)13(16)17-8-11/h1-4,7-8,18H,5-6H2,(H2,16,17). The fraction of sp³-hybridized carbons (Fsp3) is 0.154. The Morgan fingerprint density at radius 2 is 1.86 bits per heavy atom. The van der Waals surface area contributed by atoms with Crippen molar-refractivity contribution < 1.29 is 8.42 Å². The van der Waals surface area contributed by atoms with Crippen LogP contribution in [0, 0.1) is 0 Å². The van der Waals surface area contributed by atoms with Gasteiger partial charge in [0.15, 0.2) is 0 Å². The van der Waals surface area contributed by atoms with E-state index in [1.54, 1.807) is 12.1 Å². The number of hydrogen-bond donors (Lipinski definition) is 2. The monoisotopic (exact) mass is 345 g/mol. The maximum atomic E-state index is 12.1. The molecule has 2 rings (SSSR count). The Bertz CT molecular complexity index is 734. The van der Waals surface area contributed by atoms with Crippen molar-refractivity contribution in [3.05, 3.63) is 52.1 Å². The lowest BCUT2D eigenvalue weighted by molar-refractivity contribution is 0.581. The lowest BCUT2D eigenvalue weighted by Gasteiger charge is -2.07. The zero-order chi connectivity index (χ0) is 15.5. The van der Waals surface area contributed by atoms with Crippen molar-refractivity contribution in [1.82, 2.24) is 9.71 Å². The third-order valence-corrected chi connectivity index (χ3v) is 4.76. The minimum atomic E-state index is -3.66. The molecule has 0 amide bonds. The van der Waals surface area contributed by atoms with Crippen LogP contribution in [-0.4, -0.2) is 19.9 Å². The number of nitrogens with one attached hydrogen (secondary N) is 1. The molecule has 112 valence electrons. The molecule has 0 radical (unpaired) electrons. The van der Waals surface area contributed by atoms with Gasteiger partial charge in [0.25, 0.3) is 0 Å². The first kappa shape index (κ1) is 16.0. The molecule has 0 spiro atoms. The van der Waals surface area contributed by atoms with Crippen molar-refractivity contribution in [3.8, 4) is 0 Å². The number of nitrogens with zero attached hydrogens (tertiary/aromatic N) is 1. The van der Waals surface area contributed by atoms with Crippen LogP contribution in [-0.2, 0) is 16.4 Å². The molecule has 8 heteroatoms. The van der Waals surface area contributed by atoms with Crippen molar-refractivity contribution >= 4 is 39.0 Å². The van der Waals surface area contributed by atoms with Gasteiger partial charge in [-0.15, -0.1) is 0 Å². The second-order valence-corrected chi connectivity index (χ2v) is 6.92. The number of nitrogens with two attached hydrogens (primary N) is 1. The van der Waals surface area contributed by atoms with Gasteiger partial charge >= 0.3 is 0 Å². The highest BCUT2D eigenvalue weighted by molar-refractivity contribution is 7.89. The van der Waals surface area contributed by atoms with E-state index in [-0.39, 0.29) is 22.3 Å². The molecule has 0 unspecified atom stereocenters. The molecule has 0 aliphatic rings. The van der Waals surface area contributed by atoms with Crippen LogP contribution in [0.2, 0.25) is 10.0 Å². The fourth-order valence-corrected chi connectivity index (χ4v) is 3.00. The molecule has 0 saturated heterocycles. The number of nitrogen functional groups attached to an aromatic ring is 1. The zero-order valence-electron chi connectivity index (χ0n) is 10.9. The van der Waals surface area contributed by atoms with Crippen molar-refractivity contribution in [2.75, 3.05) is 12.3 Å². The SMILES string of the molecule is Nc1ncc(S(=O)(=O)NCCc2ccc(Cl)cc2)cc1Cl. The zero-order valence-corrected chi connectivity index (χ0v) is 13.2. The molecule has 0 bridgehead atoms. The summed E-state index contributed by atoms with van der Waals surface area (Å²) in [4.78, 5) is 3.72. The number of rotatable bonds is 5. The highest BCUT2D eigenvalue weighted by Gasteiger charge is 2.15. The van der Waals surface area contributed by atoms with Crippen LogP contribution in [0.5, 0.6) is 0 Å². The van der Waals surface area contributed by atoms with Crippen LogP contribution in [0.1, 0.15) is 5.56 Å². The minimum Gasteiger partial charge on any atom is -0.382 e. The number of aromatic nitrogens is 1. The summed E-state index contributed by atoms with van der Waals surface area (Å²) in [6.45, 7) is 0.256. The highest BCUT2D eigenvalue weighted by atomic mass is 35.5. The van der Waals surface area contributed by atoms with Crippen LogP contribution in [0.25, 0.3) is 0 Å². The van der Waals surface area contributed by atoms with E-state index in [1.807, 2.05) is 12.1 Å². The molecule has 1 heterocycles. The number of halogens is 2. The van der Waals surface area contributed by atoms with Gasteiger partial charge in [-0.1, -0.05) is 35.3 Å². The van der Waals surface area contributed by atoms with Gasteiger partial charge in [-0.25, -0.2) is 18.1 Å². The molecular formula is C13H13Cl2N3O2S. The second kappa shape index (κ2) is 6.62. The summed E-state index contributed by atoms with van der Waals surface area (Å²) in [6, 6.07) is 8.48. The Hall–Kier alpha value is -1.34. The Morgan fingerprint density at radius 3 is 2.48 bits per heavy atom. The van der Waals surface area contributed by atoms with Gasteiger partial charge in [0.1, 0.15) is 10.7 Å². The van der Waals surface area contributed by atoms with E-state index < -0.39 is 10.0 Å². The third kappa shape index (κ3) is 4.31. The van der Waals surface area contributed by atoms with Gasteiger partial charge in [0.2, 0.25) is 10.0 Å². The van der Waals surface area contributed by atoms with Gasteiger partial charge < -0.3 is 5.73 Å². The Balaban J connectivity index is 2.01. The van der Waals surface area contributed by atoms with E-state index in [0.717, 1.165) is 5.56 Å². The average Bonchev–Trinajstić information content (AvgIpc) is 2.44. The normalized spacial score (nSPS) is 11.5. The molecule has 21 heavy (non-hydrogen) atoms. The molecule has 5 nitrogen and oxygen atoms in total. The molecule has 0 saturated carbocycles. The molecule has 2 aromatic rings. The van der Waals surface area contributed by atoms with Crippen LogP contribution >= 0.6 is 23.2 Å². The van der Waals surface area contributed by atoms with Gasteiger partial charge in [-0.3, -0.25) is 0 Å². The topological polar surface area (TPSA) is 85.1 Å². The summed E-state index contributed by atoms with van der Waals surface area (Å²) in [7, 11) is -3.66. The van der Waals surface area contributed by atoms with E-state index in [1.165, 1.54) is 12.3 Å². The first-order valence-electron chi connectivity index (χ1n) is 6.03. The van der Waals surface area contributed by atoms with E-state index in [0.29, 0.717) is 11.4 Å². The Labute approximate surface area is 133 Å². The first-order valence-corrected chi connectivity index (χ1v) is 8.27. The molecule has 1 aromatic carbocycles. The molecular weight excluding hydrogens is 333 g/mol. The van der Waals surface area contributed by atoms with E-state index in [2.05, 4.69) is 9.71 Å². The summed E-state index contributed by atoms with van der Waals surface area (Å²) >= 11 is 11.6. The third-order valence-electron chi connectivity index (χ3n) is 2.77. The van der Waals surface area contributed by atoms with Crippen LogP contribution in [0.15, 0.2) is 41.4 Å². The van der Waals surface area contributed by atoms with Gasteiger partial charge in [0, 0.05) is 17.8 Å². The predicted octanol–water partition coefficient (Wildman–Crippen LogP) is 2.49. The summed E-state index contributed by atoms with van der Waals surface area (Å²) in [5.41, 5.74) is 6.43. The van der Waals surface area contributed by atoms with E-state index >= 15 is 0 Å². The maximum absolute atomic E-state index is 12.1. The minimum absolute atomic E-state index is 0.0159. The van der Waals surface area contributed by atoms with Crippen molar-refractivity contribution in [1.29, 1.82) is 0 Å². The van der Waals surface area contributed by atoms with Crippen LogP contribution < -0.4 is 10.5 Å². The maximum Gasteiger partial charge on any atom is 0.242 e. The molecule has 0 fully saturated rings. The molecule has 0 atom stereocenters. The number of hydrogen-bond acceptors (Lipinski definition) is 4. The summed E-state index contributed by atoms with van der Waals surface area (Å²) in [6.07, 6.45) is 1.72. The van der Waals surface area contributed by atoms with Crippen LogP contribution in [0.4, 0.5) is 5.82 Å². The highest BCUT2D eigenvalue weighted by Crippen LogP contribution is 2.19. The quantitative estimate of drug-likeness (QED) is 0.871. The Morgan fingerprint density at radius 1 is 1.19 bits per heavy atom. The molecule has 0 aliphatic carbocycles. The second-order valence-electron chi connectivity index (χ2n) is 4.31. The lowest BCUT2D eigenvalue weighted by atomic mass is 10.2. The first-order chi connectivity index (χ1) is 9.88. The van der Waals surface area contributed by atoms with E-state index in [9.17, 15) is 8.42 Å². The number of sulfonamides is 1. The predicted molar refractivity (Wildman–Crippen MR) is 84.0 cm³/mol. The fourth-order valence-electron chi connectivity index (χ4n) is 1.64.